The molecule has 1 aliphatic heterocycles. The molecule has 0 unspecified atom stereocenters. The highest BCUT2D eigenvalue weighted by Crippen LogP contribution is 2.24. The Morgan fingerprint density at radius 2 is 1.82 bits per heavy atom. The van der Waals surface area contributed by atoms with Crippen LogP contribution in [0.1, 0.15) is 34.3 Å². The monoisotopic (exact) mass is 443 g/mol. The number of carbonyl (C=O) groups is 2. The van der Waals surface area contributed by atoms with E-state index in [-0.39, 0.29) is 12.5 Å². The molecule has 146 valence electrons. The van der Waals surface area contributed by atoms with Gasteiger partial charge in [-0.3, -0.25) is 4.79 Å². The second-order valence-corrected chi connectivity index (χ2v) is 7.44. The van der Waals surface area contributed by atoms with Crippen molar-refractivity contribution in [2.75, 3.05) is 20.2 Å². The maximum absolute atomic E-state index is 12.3. The fourth-order valence-corrected chi connectivity index (χ4v) is 3.42. The van der Waals surface area contributed by atoms with Crippen LogP contribution in [0.25, 0.3) is 6.08 Å². The molecule has 3 rings (SSSR count). The Kier molecular flexibility index (Phi) is 6.87. The minimum Gasteiger partial charge on any atom is -0.496 e. The van der Waals surface area contributed by atoms with Gasteiger partial charge >= 0.3 is 5.97 Å². The quantitative estimate of drug-likeness (QED) is 0.488. The van der Waals surface area contributed by atoms with E-state index in [4.69, 9.17) is 9.47 Å². The van der Waals surface area contributed by atoms with Crippen LogP contribution in [-0.4, -0.2) is 37.0 Å². The lowest BCUT2D eigenvalue weighted by Gasteiger charge is -2.15. The van der Waals surface area contributed by atoms with Crippen LogP contribution in [0.3, 0.4) is 0 Å². The number of likely N-dealkylation sites (tertiary alicyclic amines) is 1. The Morgan fingerprint density at radius 3 is 2.50 bits per heavy atom. The molecular formula is C22H22BrNO4. The number of halogens is 1. The number of ether oxygens (including phenoxy) is 2. The summed E-state index contributed by atoms with van der Waals surface area (Å²) in [7, 11) is 1.58. The molecule has 1 aliphatic rings. The number of rotatable bonds is 6. The molecule has 0 atom stereocenters. The van der Waals surface area contributed by atoms with Gasteiger partial charge in [-0.15, -0.1) is 0 Å². The second-order valence-electron chi connectivity index (χ2n) is 6.52. The standard InChI is InChI=1S/C22H22BrNO4/c1-27-20-10-9-19(23)14-18(20)8-11-21(25)28-15-16-4-6-17(7-5-16)22(26)24-12-2-3-13-24/h4-11,14H,2-3,12-13,15H2,1H3/b11-8+. The van der Waals surface area contributed by atoms with Gasteiger partial charge in [0.15, 0.2) is 0 Å². The normalized spacial score (nSPS) is 13.7. The first-order valence-corrected chi connectivity index (χ1v) is 9.93. The molecule has 1 heterocycles. The molecule has 2 aromatic rings. The number of methoxy groups -OCH3 is 1. The van der Waals surface area contributed by atoms with E-state index >= 15 is 0 Å². The molecule has 0 saturated carbocycles. The molecule has 1 fully saturated rings. The lowest BCUT2D eigenvalue weighted by atomic mass is 10.1. The van der Waals surface area contributed by atoms with Gasteiger partial charge in [-0.05, 0) is 54.8 Å². The van der Waals surface area contributed by atoms with E-state index in [2.05, 4.69) is 15.9 Å². The molecule has 0 bridgehead atoms. The van der Waals surface area contributed by atoms with Crippen LogP contribution in [0.2, 0.25) is 0 Å². The zero-order valence-corrected chi connectivity index (χ0v) is 17.3. The Hall–Kier alpha value is -2.60. The van der Waals surface area contributed by atoms with Crippen LogP contribution >= 0.6 is 15.9 Å². The average molecular weight is 444 g/mol. The van der Waals surface area contributed by atoms with Gasteiger partial charge < -0.3 is 14.4 Å². The van der Waals surface area contributed by atoms with Gasteiger partial charge in [0.25, 0.3) is 5.91 Å². The van der Waals surface area contributed by atoms with Crippen molar-refractivity contribution in [3.05, 3.63) is 69.7 Å². The number of amides is 1. The summed E-state index contributed by atoms with van der Waals surface area (Å²) in [5, 5.41) is 0. The molecule has 2 aromatic carbocycles. The molecule has 28 heavy (non-hydrogen) atoms. The molecule has 0 N–H and O–H groups in total. The van der Waals surface area contributed by atoms with Crippen molar-refractivity contribution < 1.29 is 19.1 Å². The SMILES string of the molecule is COc1ccc(Br)cc1/C=C/C(=O)OCc1ccc(C(=O)N2CCCC2)cc1. The van der Waals surface area contributed by atoms with Crippen molar-refractivity contribution in [1.29, 1.82) is 0 Å². The van der Waals surface area contributed by atoms with E-state index < -0.39 is 5.97 Å². The van der Waals surface area contributed by atoms with Crippen LogP contribution in [0.15, 0.2) is 53.0 Å². The third-order valence-electron chi connectivity index (χ3n) is 4.57. The number of hydrogen-bond donors (Lipinski definition) is 0. The van der Waals surface area contributed by atoms with Crippen LogP contribution in [0.5, 0.6) is 5.75 Å². The zero-order chi connectivity index (χ0) is 19.9. The Bertz CT molecular complexity index is 871. The molecule has 0 aliphatic carbocycles. The largest absolute Gasteiger partial charge is 0.496 e. The summed E-state index contributed by atoms with van der Waals surface area (Å²) < 4.78 is 11.4. The second kappa shape index (κ2) is 9.55. The van der Waals surface area contributed by atoms with Crippen molar-refractivity contribution in [2.24, 2.45) is 0 Å². The summed E-state index contributed by atoms with van der Waals surface area (Å²) >= 11 is 3.40. The summed E-state index contributed by atoms with van der Waals surface area (Å²) in [4.78, 5) is 26.2. The number of hydrogen-bond acceptors (Lipinski definition) is 4. The summed E-state index contributed by atoms with van der Waals surface area (Å²) in [6, 6.07) is 12.7. The Morgan fingerprint density at radius 1 is 1.11 bits per heavy atom. The van der Waals surface area contributed by atoms with E-state index in [0.717, 1.165) is 41.5 Å². The maximum atomic E-state index is 12.3. The predicted molar refractivity (Wildman–Crippen MR) is 111 cm³/mol. The highest BCUT2D eigenvalue weighted by Gasteiger charge is 2.19. The van der Waals surface area contributed by atoms with Gasteiger partial charge in [-0.25, -0.2) is 4.79 Å². The van der Waals surface area contributed by atoms with E-state index in [1.54, 1.807) is 25.3 Å². The molecule has 6 heteroatoms. The first kappa shape index (κ1) is 20.1. The smallest absolute Gasteiger partial charge is 0.331 e. The topological polar surface area (TPSA) is 55.8 Å². The van der Waals surface area contributed by atoms with Gasteiger partial charge in [0.05, 0.1) is 7.11 Å². The van der Waals surface area contributed by atoms with Gasteiger partial charge in [0.1, 0.15) is 12.4 Å². The lowest BCUT2D eigenvalue weighted by molar-refractivity contribution is -0.138. The highest BCUT2D eigenvalue weighted by molar-refractivity contribution is 9.10. The van der Waals surface area contributed by atoms with E-state index in [1.807, 2.05) is 35.2 Å². The fourth-order valence-electron chi connectivity index (χ4n) is 3.04. The molecule has 0 aromatic heterocycles. The molecule has 1 amide bonds. The molecule has 0 spiro atoms. The van der Waals surface area contributed by atoms with Crippen molar-refractivity contribution in [1.82, 2.24) is 4.90 Å². The summed E-state index contributed by atoms with van der Waals surface area (Å²) in [6.45, 7) is 1.80. The zero-order valence-electron chi connectivity index (χ0n) is 15.7. The first-order valence-electron chi connectivity index (χ1n) is 9.13. The number of benzene rings is 2. The van der Waals surface area contributed by atoms with Crippen LogP contribution in [-0.2, 0) is 16.1 Å². The number of nitrogens with zero attached hydrogens (tertiary/aromatic N) is 1. The summed E-state index contributed by atoms with van der Waals surface area (Å²) in [5.41, 5.74) is 2.27. The predicted octanol–water partition coefficient (Wildman–Crippen LogP) is 4.45. The molecule has 1 saturated heterocycles. The van der Waals surface area contributed by atoms with Crippen LogP contribution < -0.4 is 4.74 Å². The van der Waals surface area contributed by atoms with Crippen LogP contribution in [0, 0.1) is 0 Å². The summed E-state index contributed by atoms with van der Waals surface area (Å²) in [5.74, 6) is 0.289. The van der Waals surface area contributed by atoms with Gasteiger partial charge in [-0.1, -0.05) is 28.1 Å². The van der Waals surface area contributed by atoms with Gasteiger partial charge in [0, 0.05) is 34.8 Å². The molecular weight excluding hydrogens is 422 g/mol. The third kappa shape index (κ3) is 5.23. The highest BCUT2D eigenvalue weighted by atomic mass is 79.9. The Labute approximate surface area is 173 Å². The minimum absolute atomic E-state index is 0.0620. The minimum atomic E-state index is -0.445. The van der Waals surface area contributed by atoms with Crippen LogP contribution in [0.4, 0.5) is 0 Å². The first-order chi connectivity index (χ1) is 13.6. The summed E-state index contributed by atoms with van der Waals surface area (Å²) in [6.07, 6.45) is 5.16. The van der Waals surface area contributed by atoms with Crippen molar-refractivity contribution in [2.45, 2.75) is 19.4 Å². The third-order valence-corrected chi connectivity index (χ3v) is 5.06. The Balaban J connectivity index is 1.54. The number of esters is 1. The average Bonchev–Trinajstić information content (AvgIpc) is 3.25. The van der Waals surface area contributed by atoms with Gasteiger partial charge in [0.2, 0.25) is 0 Å². The van der Waals surface area contributed by atoms with Crippen molar-refractivity contribution in [3.63, 3.8) is 0 Å². The van der Waals surface area contributed by atoms with Crippen molar-refractivity contribution >= 4 is 33.9 Å². The fraction of sp³-hybridized carbons (Fsp3) is 0.273. The van der Waals surface area contributed by atoms with Crippen molar-refractivity contribution in [3.8, 4) is 5.75 Å². The number of carbonyl (C=O) groups excluding carboxylic acids is 2. The van der Waals surface area contributed by atoms with E-state index in [9.17, 15) is 9.59 Å². The van der Waals surface area contributed by atoms with E-state index in [1.165, 1.54) is 6.08 Å². The lowest BCUT2D eigenvalue weighted by Crippen LogP contribution is -2.27. The molecule has 0 radical (unpaired) electrons. The van der Waals surface area contributed by atoms with E-state index in [0.29, 0.717) is 11.3 Å². The molecule has 5 nitrogen and oxygen atoms in total. The maximum Gasteiger partial charge on any atom is 0.331 e. The van der Waals surface area contributed by atoms with Gasteiger partial charge in [-0.2, -0.15) is 0 Å².